The first-order chi connectivity index (χ1) is 8.20. The SMILES string of the molecule is COc1ccc(N(C)Cc2cscn2)c(N)c1. The summed E-state index contributed by atoms with van der Waals surface area (Å²) in [7, 11) is 3.63. The molecule has 0 aliphatic heterocycles. The molecule has 0 spiro atoms. The quantitative estimate of drug-likeness (QED) is 0.845. The molecule has 0 saturated carbocycles. The molecule has 0 radical (unpaired) electrons. The van der Waals surface area contributed by atoms with Crippen LogP contribution in [0.5, 0.6) is 5.75 Å². The van der Waals surface area contributed by atoms with E-state index in [0.717, 1.165) is 23.7 Å². The van der Waals surface area contributed by atoms with Crippen molar-refractivity contribution in [1.29, 1.82) is 0 Å². The van der Waals surface area contributed by atoms with Crippen LogP contribution in [0.1, 0.15) is 5.69 Å². The molecular formula is C12H15N3OS. The molecular weight excluding hydrogens is 234 g/mol. The Hall–Kier alpha value is -1.75. The van der Waals surface area contributed by atoms with Crippen LogP contribution in [0.25, 0.3) is 0 Å². The third-order valence-electron chi connectivity index (χ3n) is 2.53. The molecule has 0 saturated heterocycles. The molecule has 1 heterocycles. The maximum atomic E-state index is 5.99. The molecule has 1 aromatic heterocycles. The predicted molar refractivity (Wildman–Crippen MR) is 71.6 cm³/mol. The van der Waals surface area contributed by atoms with Crippen molar-refractivity contribution in [2.75, 3.05) is 24.8 Å². The molecule has 2 aromatic rings. The first kappa shape index (κ1) is 11.7. The fourth-order valence-corrected chi connectivity index (χ4v) is 2.20. The molecule has 2 N–H and O–H groups in total. The number of anilines is 2. The summed E-state index contributed by atoms with van der Waals surface area (Å²) >= 11 is 1.60. The fourth-order valence-electron chi connectivity index (χ4n) is 1.65. The van der Waals surface area contributed by atoms with Crippen LogP contribution in [0.4, 0.5) is 11.4 Å². The van der Waals surface area contributed by atoms with E-state index in [1.807, 2.05) is 36.1 Å². The van der Waals surface area contributed by atoms with Gasteiger partial charge in [0.2, 0.25) is 0 Å². The van der Waals surface area contributed by atoms with Gasteiger partial charge in [0.25, 0.3) is 0 Å². The van der Waals surface area contributed by atoms with Gasteiger partial charge in [-0.3, -0.25) is 0 Å². The summed E-state index contributed by atoms with van der Waals surface area (Å²) in [6.07, 6.45) is 0. The summed E-state index contributed by atoms with van der Waals surface area (Å²) in [5.41, 5.74) is 10.6. The normalized spacial score (nSPS) is 10.2. The largest absolute Gasteiger partial charge is 0.497 e. The highest BCUT2D eigenvalue weighted by atomic mass is 32.1. The van der Waals surface area contributed by atoms with Crippen LogP contribution in [0.2, 0.25) is 0 Å². The molecule has 0 atom stereocenters. The van der Waals surface area contributed by atoms with Crippen LogP contribution in [-0.2, 0) is 6.54 Å². The van der Waals surface area contributed by atoms with Crippen molar-refractivity contribution in [2.45, 2.75) is 6.54 Å². The van der Waals surface area contributed by atoms with Gasteiger partial charge in [-0.05, 0) is 12.1 Å². The summed E-state index contributed by atoms with van der Waals surface area (Å²) in [5.74, 6) is 0.772. The van der Waals surface area contributed by atoms with Gasteiger partial charge in [0.1, 0.15) is 5.75 Å². The number of nitrogen functional groups attached to an aromatic ring is 1. The molecule has 17 heavy (non-hydrogen) atoms. The van der Waals surface area contributed by atoms with Gasteiger partial charge in [0.05, 0.1) is 36.2 Å². The Morgan fingerprint density at radius 2 is 2.29 bits per heavy atom. The van der Waals surface area contributed by atoms with E-state index in [1.165, 1.54) is 0 Å². The molecule has 0 bridgehead atoms. The lowest BCUT2D eigenvalue weighted by Gasteiger charge is -2.20. The molecule has 90 valence electrons. The van der Waals surface area contributed by atoms with E-state index in [0.29, 0.717) is 5.69 Å². The minimum absolute atomic E-state index is 0.710. The number of benzene rings is 1. The van der Waals surface area contributed by atoms with Crippen LogP contribution >= 0.6 is 11.3 Å². The standard InChI is InChI=1S/C12H15N3OS/c1-15(6-9-7-17-8-14-9)12-4-3-10(16-2)5-11(12)13/h3-5,7-8H,6,13H2,1-2H3. The van der Waals surface area contributed by atoms with Gasteiger partial charge >= 0.3 is 0 Å². The van der Waals surface area contributed by atoms with Gasteiger partial charge in [-0.2, -0.15) is 0 Å². The highest BCUT2D eigenvalue weighted by Gasteiger charge is 2.08. The van der Waals surface area contributed by atoms with Gasteiger partial charge in [-0.25, -0.2) is 4.98 Å². The van der Waals surface area contributed by atoms with Crippen LogP contribution in [-0.4, -0.2) is 19.1 Å². The fraction of sp³-hybridized carbons (Fsp3) is 0.250. The lowest BCUT2D eigenvalue weighted by Crippen LogP contribution is -2.17. The Morgan fingerprint density at radius 3 is 2.88 bits per heavy atom. The van der Waals surface area contributed by atoms with Gasteiger partial charge in [-0.15, -0.1) is 11.3 Å². The molecule has 0 aliphatic carbocycles. The van der Waals surface area contributed by atoms with Crippen molar-refractivity contribution in [2.24, 2.45) is 0 Å². The summed E-state index contributed by atoms with van der Waals surface area (Å²) < 4.78 is 5.13. The summed E-state index contributed by atoms with van der Waals surface area (Å²) in [4.78, 5) is 6.33. The first-order valence-corrected chi connectivity index (χ1v) is 6.16. The number of ether oxygens (including phenoxy) is 1. The number of methoxy groups -OCH3 is 1. The molecule has 0 fully saturated rings. The molecule has 1 aromatic carbocycles. The first-order valence-electron chi connectivity index (χ1n) is 5.22. The van der Waals surface area contributed by atoms with E-state index >= 15 is 0 Å². The second-order valence-corrected chi connectivity index (χ2v) is 4.48. The molecule has 0 amide bonds. The zero-order valence-corrected chi connectivity index (χ0v) is 10.7. The van der Waals surface area contributed by atoms with E-state index in [-0.39, 0.29) is 0 Å². The lowest BCUT2D eigenvalue weighted by atomic mass is 10.2. The Kier molecular flexibility index (Phi) is 3.49. The second-order valence-electron chi connectivity index (χ2n) is 3.76. The smallest absolute Gasteiger partial charge is 0.121 e. The van der Waals surface area contributed by atoms with Gasteiger partial charge in [0.15, 0.2) is 0 Å². The van der Waals surface area contributed by atoms with E-state index in [9.17, 15) is 0 Å². The van der Waals surface area contributed by atoms with Gasteiger partial charge in [0, 0.05) is 18.5 Å². The van der Waals surface area contributed by atoms with Crippen LogP contribution in [0.15, 0.2) is 29.1 Å². The van der Waals surface area contributed by atoms with Crippen LogP contribution < -0.4 is 15.4 Å². The Bertz CT molecular complexity index is 485. The van der Waals surface area contributed by atoms with Crippen LogP contribution in [0, 0.1) is 0 Å². The summed E-state index contributed by atoms with van der Waals surface area (Å²) in [6, 6.07) is 5.69. The van der Waals surface area contributed by atoms with Gasteiger partial charge in [-0.1, -0.05) is 0 Å². The van der Waals surface area contributed by atoms with E-state index < -0.39 is 0 Å². The highest BCUT2D eigenvalue weighted by Crippen LogP contribution is 2.27. The minimum atomic E-state index is 0.710. The predicted octanol–water partition coefficient (Wildman–Crippen LogP) is 2.37. The Morgan fingerprint density at radius 1 is 1.47 bits per heavy atom. The number of hydrogen-bond donors (Lipinski definition) is 1. The third-order valence-corrected chi connectivity index (χ3v) is 3.16. The van der Waals surface area contributed by atoms with E-state index in [4.69, 9.17) is 10.5 Å². The third kappa shape index (κ3) is 2.68. The number of hydrogen-bond acceptors (Lipinski definition) is 5. The number of thiazole rings is 1. The summed E-state index contributed by atoms with van der Waals surface area (Å²) in [6.45, 7) is 0.750. The van der Waals surface area contributed by atoms with Crippen molar-refractivity contribution >= 4 is 22.7 Å². The lowest BCUT2D eigenvalue weighted by molar-refractivity contribution is 0.415. The zero-order valence-electron chi connectivity index (χ0n) is 9.88. The van der Waals surface area contributed by atoms with Crippen LogP contribution in [0.3, 0.4) is 0 Å². The molecule has 0 unspecified atom stereocenters. The molecule has 2 rings (SSSR count). The molecule has 4 nitrogen and oxygen atoms in total. The number of aromatic nitrogens is 1. The molecule has 5 heteroatoms. The number of rotatable bonds is 4. The van der Waals surface area contributed by atoms with Crippen molar-refractivity contribution in [3.05, 3.63) is 34.8 Å². The topological polar surface area (TPSA) is 51.4 Å². The highest BCUT2D eigenvalue weighted by molar-refractivity contribution is 7.07. The van der Waals surface area contributed by atoms with E-state index in [2.05, 4.69) is 9.88 Å². The van der Waals surface area contributed by atoms with Crippen molar-refractivity contribution in [3.63, 3.8) is 0 Å². The summed E-state index contributed by atoms with van der Waals surface area (Å²) in [5, 5.41) is 2.04. The second kappa shape index (κ2) is 5.05. The molecule has 0 aliphatic rings. The maximum absolute atomic E-state index is 5.99. The number of nitrogens with two attached hydrogens (primary N) is 1. The monoisotopic (exact) mass is 249 g/mol. The number of nitrogens with zero attached hydrogens (tertiary/aromatic N) is 2. The zero-order chi connectivity index (χ0) is 12.3. The minimum Gasteiger partial charge on any atom is -0.497 e. The average Bonchev–Trinajstić information content (AvgIpc) is 2.81. The van der Waals surface area contributed by atoms with Gasteiger partial charge < -0.3 is 15.4 Å². The van der Waals surface area contributed by atoms with Crippen molar-refractivity contribution in [1.82, 2.24) is 4.98 Å². The average molecular weight is 249 g/mol. The Balaban J connectivity index is 2.16. The Labute approximate surface area is 105 Å². The van der Waals surface area contributed by atoms with Crippen molar-refractivity contribution < 1.29 is 4.74 Å². The van der Waals surface area contributed by atoms with E-state index in [1.54, 1.807) is 18.4 Å². The maximum Gasteiger partial charge on any atom is 0.121 e. The van der Waals surface area contributed by atoms with Crippen molar-refractivity contribution in [3.8, 4) is 5.75 Å².